The number of amides is 2. The maximum atomic E-state index is 13.6. The number of carbonyl (C=O) groups excluding carboxylic acids is 2. The van der Waals surface area contributed by atoms with Crippen molar-refractivity contribution in [3.8, 4) is 0 Å². The first-order valence-corrected chi connectivity index (χ1v) is 7.51. The highest BCUT2D eigenvalue weighted by atomic mass is 19.1. The minimum atomic E-state index is -0.909. The molecule has 0 saturated heterocycles. The molecule has 1 aliphatic carbocycles. The summed E-state index contributed by atoms with van der Waals surface area (Å²) in [5, 5.41) is 14.6. The van der Waals surface area contributed by atoms with Gasteiger partial charge in [0, 0.05) is 12.5 Å². The molecule has 0 aromatic heterocycles. The van der Waals surface area contributed by atoms with E-state index in [4.69, 9.17) is 0 Å². The van der Waals surface area contributed by atoms with Gasteiger partial charge in [0.15, 0.2) is 0 Å². The van der Waals surface area contributed by atoms with E-state index in [0.717, 1.165) is 31.2 Å². The summed E-state index contributed by atoms with van der Waals surface area (Å²) in [6.07, 6.45) is 3.11. The van der Waals surface area contributed by atoms with Gasteiger partial charge < -0.3 is 15.7 Å². The summed E-state index contributed by atoms with van der Waals surface area (Å²) >= 11 is 0. The van der Waals surface area contributed by atoms with Crippen LogP contribution in [-0.4, -0.2) is 29.6 Å². The first-order valence-electron chi connectivity index (χ1n) is 7.51. The third-order valence-electron chi connectivity index (χ3n) is 3.97. The molecule has 0 radical (unpaired) electrons. The third-order valence-corrected chi connectivity index (χ3v) is 3.97. The van der Waals surface area contributed by atoms with Gasteiger partial charge in [-0.1, -0.05) is 18.9 Å². The zero-order chi connectivity index (χ0) is 16.1. The lowest BCUT2D eigenvalue weighted by atomic mass is 9.86. The summed E-state index contributed by atoms with van der Waals surface area (Å²) < 4.78 is 13.6. The Morgan fingerprint density at radius 1 is 1.27 bits per heavy atom. The lowest BCUT2D eigenvalue weighted by Crippen LogP contribution is -2.41. The van der Waals surface area contributed by atoms with Gasteiger partial charge in [-0.25, -0.2) is 4.39 Å². The molecule has 5 nitrogen and oxygen atoms in total. The van der Waals surface area contributed by atoms with Gasteiger partial charge in [0.1, 0.15) is 5.82 Å². The van der Waals surface area contributed by atoms with Crippen molar-refractivity contribution < 1.29 is 19.1 Å². The second-order valence-electron chi connectivity index (χ2n) is 5.76. The summed E-state index contributed by atoms with van der Waals surface area (Å²) in [5.41, 5.74) is 0.703. The topological polar surface area (TPSA) is 78.4 Å². The Hall–Kier alpha value is -1.95. The molecule has 0 aliphatic heterocycles. The molecule has 0 spiro atoms. The van der Waals surface area contributed by atoms with E-state index in [1.54, 1.807) is 13.0 Å². The quantitative estimate of drug-likeness (QED) is 0.744. The molecule has 2 atom stereocenters. The van der Waals surface area contributed by atoms with Gasteiger partial charge in [-0.15, -0.1) is 0 Å². The highest BCUT2D eigenvalue weighted by Crippen LogP contribution is 2.23. The van der Waals surface area contributed by atoms with E-state index in [2.05, 4.69) is 10.6 Å². The van der Waals surface area contributed by atoms with Gasteiger partial charge in [0.25, 0.3) is 0 Å². The predicted octanol–water partition coefficient (Wildman–Crippen LogP) is 1.74. The minimum absolute atomic E-state index is 0.0246. The standard InChI is InChI=1S/C16H21FN2O3/c1-10-6-7-13(12(17)8-10)19-16(22)15(21)18-9-11-4-2-3-5-14(11)20/h6-8,11,14,20H,2-5,9H2,1H3,(H,18,21)(H,19,22)/t11-,14-/m0/s1. The van der Waals surface area contributed by atoms with Crippen LogP contribution >= 0.6 is 0 Å². The Kier molecular flexibility index (Phi) is 5.49. The highest BCUT2D eigenvalue weighted by molar-refractivity contribution is 6.39. The van der Waals surface area contributed by atoms with E-state index < -0.39 is 23.7 Å². The molecular weight excluding hydrogens is 287 g/mol. The van der Waals surface area contributed by atoms with Gasteiger partial charge in [0.2, 0.25) is 0 Å². The Morgan fingerprint density at radius 3 is 2.68 bits per heavy atom. The lowest BCUT2D eigenvalue weighted by molar-refractivity contribution is -0.136. The minimum Gasteiger partial charge on any atom is -0.393 e. The lowest BCUT2D eigenvalue weighted by Gasteiger charge is -2.27. The predicted molar refractivity (Wildman–Crippen MR) is 80.7 cm³/mol. The molecule has 2 rings (SSSR count). The van der Waals surface area contributed by atoms with Crippen LogP contribution in [0.25, 0.3) is 0 Å². The number of nitrogens with one attached hydrogen (secondary N) is 2. The van der Waals surface area contributed by atoms with Crippen LogP contribution in [0.1, 0.15) is 31.2 Å². The number of halogens is 1. The van der Waals surface area contributed by atoms with Gasteiger partial charge in [0.05, 0.1) is 11.8 Å². The molecule has 0 unspecified atom stereocenters. The molecule has 1 saturated carbocycles. The average Bonchev–Trinajstić information content (AvgIpc) is 2.49. The summed E-state index contributed by atoms with van der Waals surface area (Å²) in [4.78, 5) is 23.5. The van der Waals surface area contributed by atoms with Crippen LogP contribution in [-0.2, 0) is 9.59 Å². The van der Waals surface area contributed by atoms with Crippen LogP contribution in [0.3, 0.4) is 0 Å². The maximum Gasteiger partial charge on any atom is 0.313 e. The Bertz CT molecular complexity index is 562. The molecular formula is C16H21FN2O3. The molecule has 1 aliphatic rings. The Balaban J connectivity index is 1.85. The fourth-order valence-corrected chi connectivity index (χ4v) is 2.63. The van der Waals surface area contributed by atoms with Crippen molar-refractivity contribution >= 4 is 17.5 Å². The average molecular weight is 308 g/mol. The van der Waals surface area contributed by atoms with E-state index >= 15 is 0 Å². The molecule has 0 bridgehead atoms. The molecule has 3 N–H and O–H groups in total. The van der Waals surface area contributed by atoms with E-state index in [0.29, 0.717) is 0 Å². The monoisotopic (exact) mass is 308 g/mol. The molecule has 6 heteroatoms. The first-order chi connectivity index (χ1) is 10.5. The number of aliphatic hydroxyl groups excluding tert-OH is 1. The van der Waals surface area contributed by atoms with Crippen molar-refractivity contribution in [2.24, 2.45) is 5.92 Å². The Labute approximate surface area is 128 Å². The van der Waals surface area contributed by atoms with Gasteiger partial charge in [-0.05, 0) is 37.5 Å². The highest BCUT2D eigenvalue weighted by Gasteiger charge is 2.24. The number of rotatable bonds is 3. The third kappa shape index (κ3) is 4.27. The summed E-state index contributed by atoms with van der Waals surface area (Å²) in [6, 6.07) is 4.35. The number of benzene rings is 1. The Morgan fingerprint density at radius 2 is 2.00 bits per heavy atom. The summed E-state index contributed by atoms with van der Waals surface area (Å²) in [5.74, 6) is -2.34. The van der Waals surface area contributed by atoms with Gasteiger partial charge in [-0.3, -0.25) is 9.59 Å². The van der Waals surface area contributed by atoms with Crippen molar-refractivity contribution in [2.75, 3.05) is 11.9 Å². The molecule has 1 fully saturated rings. The van der Waals surface area contributed by atoms with Crippen molar-refractivity contribution in [2.45, 2.75) is 38.7 Å². The van der Waals surface area contributed by atoms with Crippen LogP contribution < -0.4 is 10.6 Å². The molecule has 1 aromatic rings. The molecule has 2 amide bonds. The van der Waals surface area contributed by atoms with Crippen LogP contribution in [0.5, 0.6) is 0 Å². The SMILES string of the molecule is Cc1ccc(NC(=O)C(=O)NC[C@@H]2CCCC[C@@H]2O)c(F)c1. The zero-order valence-electron chi connectivity index (χ0n) is 12.6. The van der Waals surface area contributed by atoms with Gasteiger partial charge in [-0.2, -0.15) is 0 Å². The van der Waals surface area contributed by atoms with Crippen molar-refractivity contribution in [3.63, 3.8) is 0 Å². The first kappa shape index (κ1) is 16.4. The molecule has 1 aromatic carbocycles. The molecule has 0 heterocycles. The number of aliphatic hydroxyl groups is 1. The smallest absolute Gasteiger partial charge is 0.313 e. The van der Waals surface area contributed by atoms with Crippen molar-refractivity contribution in [3.05, 3.63) is 29.6 Å². The molecule has 120 valence electrons. The van der Waals surface area contributed by atoms with Crippen LogP contribution in [0.15, 0.2) is 18.2 Å². The van der Waals surface area contributed by atoms with E-state index in [-0.39, 0.29) is 18.2 Å². The van der Waals surface area contributed by atoms with E-state index in [1.807, 2.05) is 0 Å². The fourth-order valence-electron chi connectivity index (χ4n) is 2.63. The summed E-state index contributed by atoms with van der Waals surface area (Å²) in [7, 11) is 0. The van der Waals surface area contributed by atoms with E-state index in [9.17, 15) is 19.1 Å². The van der Waals surface area contributed by atoms with Crippen molar-refractivity contribution in [1.29, 1.82) is 0 Å². The zero-order valence-corrected chi connectivity index (χ0v) is 12.6. The summed E-state index contributed by atoms with van der Waals surface area (Å²) in [6.45, 7) is 1.99. The normalized spacial score (nSPS) is 21.2. The van der Waals surface area contributed by atoms with Crippen LogP contribution in [0.2, 0.25) is 0 Å². The van der Waals surface area contributed by atoms with Crippen LogP contribution in [0, 0.1) is 18.7 Å². The maximum absolute atomic E-state index is 13.6. The van der Waals surface area contributed by atoms with E-state index in [1.165, 1.54) is 12.1 Å². The number of aryl methyl sites for hydroxylation is 1. The second kappa shape index (κ2) is 7.35. The number of carbonyl (C=O) groups is 2. The largest absolute Gasteiger partial charge is 0.393 e. The van der Waals surface area contributed by atoms with Gasteiger partial charge >= 0.3 is 11.8 Å². The van der Waals surface area contributed by atoms with Crippen LogP contribution in [0.4, 0.5) is 10.1 Å². The number of hydrogen-bond donors (Lipinski definition) is 3. The number of hydrogen-bond acceptors (Lipinski definition) is 3. The van der Waals surface area contributed by atoms with Crippen molar-refractivity contribution in [1.82, 2.24) is 5.32 Å². The fraction of sp³-hybridized carbons (Fsp3) is 0.500. The molecule has 22 heavy (non-hydrogen) atoms. The second-order valence-corrected chi connectivity index (χ2v) is 5.76. The number of anilines is 1.